The van der Waals surface area contributed by atoms with Crippen molar-refractivity contribution in [3.05, 3.63) is 41.7 Å². The summed E-state index contributed by atoms with van der Waals surface area (Å²) in [5, 5.41) is 0. The average Bonchev–Trinajstić information content (AvgIpc) is 2.37. The van der Waals surface area contributed by atoms with E-state index in [1.54, 1.807) is 6.08 Å². The number of hydrogen-bond acceptors (Lipinski definition) is 3. The Balaban J connectivity index is 2.66. The molecule has 0 aliphatic rings. The van der Waals surface area contributed by atoms with E-state index in [0.717, 1.165) is 24.1 Å². The van der Waals surface area contributed by atoms with Gasteiger partial charge in [0.05, 0.1) is 6.61 Å². The lowest BCUT2D eigenvalue weighted by Gasteiger charge is -2.14. The van der Waals surface area contributed by atoms with Crippen molar-refractivity contribution in [1.29, 1.82) is 0 Å². The molecule has 1 heterocycles. The second-order valence-electron chi connectivity index (χ2n) is 4.31. The molecule has 0 aromatic carbocycles. The molecule has 18 heavy (non-hydrogen) atoms. The number of hydrogen-bond donors (Lipinski definition) is 0. The van der Waals surface area contributed by atoms with Crippen molar-refractivity contribution in [2.45, 2.75) is 39.5 Å². The molecule has 0 fully saturated rings. The largest absolute Gasteiger partial charge is 0.463 e. The quantitative estimate of drug-likeness (QED) is 0.570. The van der Waals surface area contributed by atoms with Gasteiger partial charge >= 0.3 is 5.97 Å². The third-order valence-corrected chi connectivity index (χ3v) is 2.82. The monoisotopic (exact) mass is 247 g/mol. The molecule has 0 spiro atoms. The van der Waals surface area contributed by atoms with Crippen LogP contribution in [0.15, 0.2) is 36.0 Å². The van der Waals surface area contributed by atoms with Crippen molar-refractivity contribution >= 4 is 5.97 Å². The molecule has 3 heteroatoms. The van der Waals surface area contributed by atoms with Gasteiger partial charge in [-0.25, -0.2) is 4.79 Å². The van der Waals surface area contributed by atoms with E-state index >= 15 is 0 Å². The lowest BCUT2D eigenvalue weighted by atomic mass is 9.94. The van der Waals surface area contributed by atoms with Gasteiger partial charge < -0.3 is 4.74 Å². The van der Waals surface area contributed by atoms with Gasteiger partial charge in [-0.3, -0.25) is 4.98 Å². The van der Waals surface area contributed by atoms with Crippen molar-refractivity contribution in [3.8, 4) is 0 Å². The predicted octanol–water partition coefficient (Wildman–Crippen LogP) is 3.47. The van der Waals surface area contributed by atoms with E-state index in [-0.39, 0.29) is 5.97 Å². The van der Waals surface area contributed by atoms with Gasteiger partial charge in [0.2, 0.25) is 0 Å². The molecule has 1 aromatic rings. The number of carbonyl (C=O) groups is 1. The summed E-state index contributed by atoms with van der Waals surface area (Å²) in [5.41, 5.74) is 2.11. The van der Waals surface area contributed by atoms with Crippen LogP contribution in [0.5, 0.6) is 0 Å². The molecule has 0 N–H and O–H groups in total. The Bertz CT molecular complexity index is 398. The van der Waals surface area contributed by atoms with Gasteiger partial charge in [0.25, 0.3) is 0 Å². The van der Waals surface area contributed by atoms with E-state index in [9.17, 15) is 4.79 Å². The van der Waals surface area contributed by atoms with Gasteiger partial charge in [-0.05, 0) is 38.8 Å². The molecule has 1 aromatic heterocycles. The summed E-state index contributed by atoms with van der Waals surface area (Å²) < 4.78 is 4.90. The molecule has 0 aliphatic heterocycles. The molecule has 0 bridgehead atoms. The minimum atomic E-state index is -0.258. The SMILES string of the molecule is CCOC(=O)/C=C(/C)CC(CC)c1ccccn1. The lowest BCUT2D eigenvalue weighted by Crippen LogP contribution is -2.04. The van der Waals surface area contributed by atoms with Crippen LogP contribution in [0.25, 0.3) is 0 Å². The number of aromatic nitrogens is 1. The molecule has 1 unspecified atom stereocenters. The minimum absolute atomic E-state index is 0.258. The highest BCUT2D eigenvalue weighted by Crippen LogP contribution is 2.24. The lowest BCUT2D eigenvalue weighted by molar-refractivity contribution is -0.137. The first-order valence-corrected chi connectivity index (χ1v) is 6.42. The molecule has 0 saturated carbocycles. The summed E-state index contributed by atoms with van der Waals surface area (Å²) in [4.78, 5) is 15.7. The van der Waals surface area contributed by atoms with Gasteiger partial charge in [-0.15, -0.1) is 0 Å². The summed E-state index contributed by atoms with van der Waals surface area (Å²) in [6, 6.07) is 5.94. The van der Waals surface area contributed by atoms with Crippen LogP contribution in [0.4, 0.5) is 0 Å². The Morgan fingerprint density at radius 1 is 1.44 bits per heavy atom. The maximum Gasteiger partial charge on any atom is 0.330 e. The van der Waals surface area contributed by atoms with E-state index in [2.05, 4.69) is 11.9 Å². The zero-order valence-corrected chi connectivity index (χ0v) is 11.3. The maximum atomic E-state index is 11.3. The topological polar surface area (TPSA) is 39.2 Å². The van der Waals surface area contributed by atoms with Crippen molar-refractivity contribution in [1.82, 2.24) is 4.98 Å². The third-order valence-electron chi connectivity index (χ3n) is 2.82. The van der Waals surface area contributed by atoms with Crippen LogP contribution in [0.3, 0.4) is 0 Å². The highest BCUT2D eigenvalue weighted by molar-refractivity contribution is 5.82. The number of allylic oxidation sites excluding steroid dienone is 1. The van der Waals surface area contributed by atoms with E-state index < -0.39 is 0 Å². The third kappa shape index (κ3) is 4.70. The highest BCUT2D eigenvalue weighted by atomic mass is 16.5. The fraction of sp³-hybridized carbons (Fsp3) is 0.467. The Kier molecular flexibility index (Phi) is 6.12. The van der Waals surface area contributed by atoms with Gasteiger partial charge in [-0.1, -0.05) is 18.6 Å². The zero-order chi connectivity index (χ0) is 13.4. The molecular formula is C15H21NO2. The standard InChI is InChI=1S/C15H21NO2/c1-4-13(14-8-6-7-9-16-14)10-12(3)11-15(17)18-5-2/h6-9,11,13H,4-5,10H2,1-3H3/b12-11-. The number of ether oxygens (including phenoxy) is 1. The fourth-order valence-electron chi connectivity index (χ4n) is 1.91. The molecule has 0 aliphatic carbocycles. The van der Waals surface area contributed by atoms with E-state index in [4.69, 9.17) is 4.74 Å². The van der Waals surface area contributed by atoms with Crippen molar-refractivity contribution in [2.75, 3.05) is 6.61 Å². The summed E-state index contributed by atoms with van der Waals surface area (Å²) in [5.74, 6) is 0.0998. The first-order valence-electron chi connectivity index (χ1n) is 6.42. The first-order chi connectivity index (χ1) is 8.67. The van der Waals surface area contributed by atoms with Crippen LogP contribution in [-0.4, -0.2) is 17.6 Å². The highest BCUT2D eigenvalue weighted by Gasteiger charge is 2.11. The normalized spacial score (nSPS) is 13.2. The Morgan fingerprint density at radius 2 is 2.22 bits per heavy atom. The first kappa shape index (κ1) is 14.4. The number of esters is 1. The fourth-order valence-corrected chi connectivity index (χ4v) is 1.91. The number of rotatable bonds is 6. The van der Waals surface area contributed by atoms with E-state index in [1.165, 1.54) is 0 Å². The number of pyridine rings is 1. The van der Waals surface area contributed by atoms with Gasteiger partial charge in [0.1, 0.15) is 0 Å². The maximum absolute atomic E-state index is 11.3. The molecule has 0 amide bonds. The molecule has 3 nitrogen and oxygen atoms in total. The molecule has 0 radical (unpaired) electrons. The van der Waals surface area contributed by atoms with Gasteiger partial charge in [0, 0.05) is 23.9 Å². The van der Waals surface area contributed by atoms with Crippen LogP contribution in [-0.2, 0) is 9.53 Å². The second-order valence-corrected chi connectivity index (χ2v) is 4.31. The average molecular weight is 247 g/mol. The predicted molar refractivity (Wildman–Crippen MR) is 72.3 cm³/mol. The van der Waals surface area contributed by atoms with Crippen molar-refractivity contribution in [2.24, 2.45) is 0 Å². The van der Waals surface area contributed by atoms with E-state index in [0.29, 0.717) is 12.5 Å². The summed E-state index contributed by atoms with van der Waals surface area (Å²) in [7, 11) is 0. The number of nitrogens with zero attached hydrogens (tertiary/aromatic N) is 1. The summed E-state index contributed by atoms with van der Waals surface area (Å²) in [6.07, 6.45) is 5.23. The summed E-state index contributed by atoms with van der Waals surface area (Å²) >= 11 is 0. The summed E-state index contributed by atoms with van der Waals surface area (Å²) in [6.45, 7) is 6.32. The van der Waals surface area contributed by atoms with Gasteiger partial charge in [-0.2, -0.15) is 0 Å². The Morgan fingerprint density at radius 3 is 2.78 bits per heavy atom. The van der Waals surface area contributed by atoms with Crippen LogP contribution >= 0.6 is 0 Å². The zero-order valence-electron chi connectivity index (χ0n) is 11.3. The van der Waals surface area contributed by atoms with Gasteiger partial charge in [0.15, 0.2) is 0 Å². The second kappa shape index (κ2) is 7.64. The Labute approximate surface area is 109 Å². The molecular weight excluding hydrogens is 226 g/mol. The van der Waals surface area contributed by atoms with Crippen LogP contribution in [0.2, 0.25) is 0 Å². The van der Waals surface area contributed by atoms with E-state index in [1.807, 2.05) is 38.2 Å². The molecule has 1 rings (SSSR count). The molecule has 98 valence electrons. The van der Waals surface area contributed by atoms with Crippen LogP contribution < -0.4 is 0 Å². The van der Waals surface area contributed by atoms with Crippen LogP contribution in [0.1, 0.15) is 45.2 Å². The Hall–Kier alpha value is -1.64. The molecule has 1 atom stereocenters. The smallest absolute Gasteiger partial charge is 0.330 e. The van der Waals surface area contributed by atoms with Crippen molar-refractivity contribution in [3.63, 3.8) is 0 Å². The van der Waals surface area contributed by atoms with Crippen molar-refractivity contribution < 1.29 is 9.53 Å². The van der Waals surface area contributed by atoms with Crippen LogP contribution in [0, 0.1) is 0 Å². The minimum Gasteiger partial charge on any atom is -0.463 e. The molecule has 0 saturated heterocycles. The number of carbonyl (C=O) groups excluding carboxylic acids is 1.